The van der Waals surface area contributed by atoms with Crippen LogP contribution in [-0.2, 0) is 12.2 Å². The summed E-state index contributed by atoms with van der Waals surface area (Å²) in [6.07, 6.45) is 0.775. The van der Waals surface area contributed by atoms with Gasteiger partial charge in [-0.15, -0.1) is 10.2 Å². The number of benzene rings is 2. The molecule has 1 heterocycles. The number of thioether (sulfide) groups is 1. The molecule has 1 unspecified atom stereocenters. The second kappa shape index (κ2) is 7.64. The van der Waals surface area contributed by atoms with Crippen molar-refractivity contribution in [2.75, 3.05) is 0 Å². The lowest BCUT2D eigenvalue weighted by Crippen LogP contribution is -2.54. The lowest BCUT2D eigenvalue weighted by atomic mass is 10.1. The first-order chi connectivity index (χ1) is 11.2. The Morgan fingerprint density at radius 2 is 1.78 bits per heavy atom. The van der Waals surface area contributed by atoms with Gasteiger partial charge in [-0.05, 0) is 17.2 Å². The van der Waals surface area contributed by atoms with Gasteiger partial charge in [-0.1, -0.05) is 71.9 Å². The van der Waals surface area contributed by atoms with E-state index in [4.69, 9.17) is 16.0 Å². The predicted molar refractivity (Wildman–Crippen MR) is 91.1 cm³/mol. The molecule has 3 aromatic rings. The van der Waals surface area contributed by atoms with Gasteiger partial charge in [-0.25, -0.2) is 0 Å². The van der Waals surface area contributed by atoms with Crippen molar-refractivity contribution >= 4 is 23.4 Å². The van der Waals surface area contributed by atoms with Gasteiger partial charge in [-0.3, -0.25) is 0 Å². The van der Waals surface area contributed by atoms with Crippen LogP contribution < -0.4 is 5.73 Å². The van der Waals surface area contributed by atoms with E-state index < -0.39 is 0 Å². The van der Waals surface area contributed by atoms with Gasteiger partial charge in [0.2, 0.25) is 0 Å². The van der Waals surface area contributed by atoms with E-state index in [9.17, 15) is 0 Å². The van der Waals surface area contributed by atoms with Gasteiger partial charge in [0.15, 0.2) is 6.04 Å². The molecule has 0 spiro atoms. The number of halogens is 1. The van der Waals surface area contributed by atoms with Crippen LogP contribution in [0.1, 0.15) is 23.1 Å². The monoisotopic (exact) mass is 346 g/mol. The minimum absolute atomic E-state index is 0.0560. The zero-order valence-corrected chi connectivity index (χ0v) is 14.1. The molecule has 6 heteroatoms. The highest BCUT2D eigenvalue weighted by Crippen LogP contribution is 2.26. The van der Waals surface area contributed by atoms with Gasteiger partial charge in [0, 0.05) is 17.2 Å². The minimum Gasteiger partial charge on any atom is -0.410 e. The SMILES string of the molecule is [NH3+]C(Cc1ccccc1)c1nnc(SCc2ccccc2Cl)o1. The molecule has 0 aliphatic rings. The molecule has 1 atom stereocenters. The maximum Gasteiger partial charge on any atom is 0.277 e. The van der Waals surface area contributed by atoms with Gasteiger partial charge >= 0.3 is 0 Å². The van der Waals surface area contributed by atoms with Crippen molar-refractivity contribution in [3.8, 4) is 0 Å². The van der Waals surface area contributed by atoms with Crippen LogP contribution in [0.25, 0.3) is 0 Å². The minimum atomic E-state index is -0.0560. The van der Waals surface area contributed by atoms with E-state index in [0.717, 1.165) is 17.0 Å². The Hall–Kier alpha value is -1.82. The van der Waals surface area contributed by atoms with Crippen molar-refractivity contribution in [3.63, 3.8) is 0 Å². The summed E-state index contributed by atoms with van der Waals surface area (Å²) < 4.78 is 5.71. The molecule has 23 heavy (non-hydrogen) atoms. The zero-order chi connectivity index (χ0) is 16.1. The van der Waals surface area contributed by atoms with E-state index in [0.29, 0.717) is 16.9 Å². The standard InChI is InChI=1S/C17H16ClN3OS/c18-14-9-5-4-8-13(14)11-23-17-21-20-16(22-17)15(19)10-12-6-2-1-3-7-12/h1-9,15H,10-11,19H2/p+1. The number of rotatable bonds is 6. The molecule has 0 radical (unpaired) electrons. The van der Waals surface area contributed by atoms with E-state index in [1.165, 1.54) is 17.3 Å². The molecule has 2 aromatic carbocycles. The van der Waals surface area contributed by atoms with Crippen LogP contribution in [0.3, 0.4) is 0 Å². The first-order valence-corrected chi connectivity index (χ1v) is 8.65. The molecular weight excluding hydrogens is 330 g/mol. The van der Waals surface area contributed by atoms with Crippen LogP contribution in [0, 0.1) is 0 Å². The van der Waals surface area contributed by atoms with Crippen molar-refractivity contribution in [2.45, 2.75) is 23.4 Å². The van der Waals surface area contributed by atoms with Crippen LogP contribution in [-0.4, -0.2) is 10.2 Å². The first kappa shape index (κ1) is 16.1. The number of hydrogen-bond acceptors (Lipinski definition) is 4. The molecule has 0 fully saturated rings. The molecule has 3 N–H and O–H groups in total. The highest BCUT2D eigenvalue weighted by molar-refractivity contribution is 7.98. The fraction of sp³-hybridized carbons (Fsp3) is 0.176. The van der Waals surface area contributed by atoms with E-state index in [2.05, 4.69) is 28.1 Å². The zero-order valence-electron chi connectivity index (χ0n) is 12.5. The predicted octanol–water partition coefficient (Wildman–Crippen LogP) is 3.54. The Bertz CT molecular complexity index is 763. The molecule has 1 aromatic heterocycles. The van der Waals surface area contributed by atoms with Crippen molar-refractivity contribution in [1.82, 2.24) is 10.2 Å². The van der Waals surface area contributed by atoms with E-state index in [1.54, 1.807) is 0 Å². The van der Waals surface area contributed by atoms with Crippen LogP contribution in [0.2, 0.25) is 5.02 Å². The van der Waals surface area contributed by atoms with Gasteiger partial charge < -0.3 is 10.2 Å². The molecule has 0 aliphatic carbocycles. The molecule has 4 nitrogen and oxygen atoms in total. The molecule has 0 aliphatic heterocycles. The number of hydrogen-bond donors (Lipinski definition) is 1. The molecule has 0 saturated carbocycles. The van der Waals surface area contributed by atoms with Gasteiger partial charge in [0.05, 0.1) is 0 Å². The Morgan fingerprint density at radius 1 is 1.04 bits per heavy atom. The maximum absolute atomic E-state index is 6.15. The Balaban J connectivity index is 1.60. The van der Waals surface area contributed by atoms with Crippen molar-refractivity contribution in [2.24, 2.45) is 0 Å². The second-order valence-electron chi connectivity index (χ2n) is 5.17. The first-order valence-electron chi connectivity index (χ1n) is 7.29. The number of nitrogens with zero attached hydrogens (tertiary/aromatic N) is 2. The van der Waals surface area contributed by atoms with E-state index in [1.807, 2.05) is 42.5 Å². The Kier molecular flexibility index (Phi) is 5.33. The smallest absolute Gasteiger partial charge is 0.277 e. The molecule has 0 amide bonds. The molecule has 3 rings (SSSR count). The van der Waals surface area contributed by atoms with Gasteiger partial charge in [0.25, 0.3) is 11.1 Å². The molecule has 118 valence electrons. The largest absolute Gasteiger partial charge is 0.410 e. The third-order valence-corrected chi connectivity index (χ3v) is 4.64. The Morgan fingerprint density at radius 3 is 2.57 bits per heavy atom. The van der Waals surface area contributed by atoms with Crippen LogP contribution in [0.4, 0.5) is 0 Å². The summed E-state index contributed by atoms with van der Waals surface area (Å²) in [5.74, 6) is 1.26. The lowest BCUT2D eigenvalue weighted by molar-refractivity contribution is -0.431. The third-order valence-electron chi connectivity index (χ3n) is 3.41. The van der Waals surface area contributed by atoms with Crippen molar-refractivity contribution < 1.29 is 10.2 Å². The third kappa shape index (κ3) is 4.34. The summed E-state index contributed by atoms with van der Waals surface area (Å²) in [5.41, 5.74) is 6.38. The summed E-state index contributed by atoms with van der Waals surface area (Å²) in [6, 6.07) is 17.9. The summed E-state index contributed by atoms with van der Waals surface area (Å²) >= 11 is 7.63. The highest BCUT2D eigenvalue weighted by atomic mass is 35.5. The maximum atomic E-state index is 6.15. The van der Waals surface area contributed by atoms with Crippen molar-refractivity contribution in [3.05, 3.63) is 76.6 Å². The topological polar surface area (TPSA) is 66.6 Å². The van der Waals surface area contributed by atoms with Crippen molar-refractivity contribution in [1.29, 1.82) is 0 Å². The second-order valence-corrected chi connectivity index (χ2v) is 6.51. The summed E-state index contributed by atoms with van der Waals surface area (Å²) in [6.45, 7) is 0. The Labute approximate surface area is 144 Å². The normalized spacial score (nSPS) is 12.3. The summed E-state index contributed by atoms with van der Waals surface area (Å²) in [7, 11) is 0. The van der Waals surface area contributed by atoms with E-state index in [-0.39, 0.29) is 6.04 Å². The number of aromatic nitrogens is 2. The van der Waals surface area contributed by atoms with Crippen LogP contribution in [0.5, 0.6) is 0 Å². The van der Waals surface area contributed by atoms with Crippen LogP contribution in [0.15, 0.2) is 64.2 Å². The van der Waals surface area contributed by atoms with Gasteiger partial charge in [0.1, 0.15) is 0 Å². The average molecular weight is 347 g/mol. The van der Waals surface area contributed by atoms with Gasteiger partial charge in [-0.2, -0.15) is 0 Å². The summed E-state index contributed by atoms with van der Waals surface area (Å²) in [5, 5.41) is 9.49. The fourth-order valence-electron chi connectivity index (χ4n) is 2.18. The average Bonchev–Trinajstić information content (AvgIpc) is 3.04. The van der Waals surface area contributed by atoms with Crippen LogP contribution >= 0.6 is 23.4 Å². The summed E-state index contributed by atoms with van der Waals surface area (Å²) in [4.78, 5) is 0. The lowest BCUT2D eigenvalue weighted by Gasteiger charge is -2.03. The highest BCUT2D eigenvalue weighted by Gasteiger charge is 2.18. The molecule has 0 bridgehead atoms. The fourth-order valence-corrected chi connectivity index (χ4v) is 3.24. The molecule has 0 saturated heterocycles. The van der Waals surface area contributed by atoms with E-state index >= 15 is 0 Å². The quantitative estimate of drug-likeness (QED) is 0.693. The number of quaternary nitrogens is 1. The molecular formula is C17H17ClN3OS+.